The zero-order chi connectivity index (χ0) is 25.1. The first kappa shape index (κ1) is 25.6. The molecule has 0 amide bonds. The van der Waals surface area contributed by atoms with Crippen molar-refractivity contribution in [3.8, 4) is 11.5 Å². The maximum atomic E-state index is 12.7. The summed E-state index contributed by atoms with van der Waals surface area (Å²) in [7, 11) is 0. The van der Waals surface area contributed by atoms with E-state index in [-0.39, 0.29) is 18.4 Å². The molecule has 0 N–H and O–H groups in total. The van der Waals surface area contributed by atoms with E-state index in [1.54, 1.807) is 0 Å². The Labute approximate surface area is 204 Å². The molecule has 0 saturated carbocycles. The Balaban J connectivity index is 1.66. The average molecular weight is 572 g/mol. The van der Waals surface area contributed by atoms with Gasteiger partial charge in [0, 0.05) is 0 Å². The first-order valence-electron chi connectivity index (χ1n) is 10.9. The van der Waals surface area contributed by atoms with Crippen LogP contribution in [0.3, 0.4) is 0 Å². The summed E-state index contributed by atoms with van der Waals surface area (Å²) in [5.41, 5.74) is 0.237. The molecule has 0 aromatic heterocycles. The molecular weight excluding hydrogens is 549 g/mol. The molecule has 0 radical (unpaired) electrons. The van der Waals surface area contributed by atoms with Crippen molar-refractivity contribution in [2.45, 2.75) is 32.4 Å². The number of halogens is 6. The molecule has 0 unspecified atom stereocenters. The van der Waals surface area contributed by atoms with Crippen LogP contribution in [0.25, 0.3) is 0 Å². The van der Waals surface area contributed by atoms with Crippen LogP contribution >= 0.6 is 0 Å². The van der Waals surface area contributed by atoms with Crippen LogP contribution < -0.4 is 5.63 Å². The van der Waals surface area contributed by atoms with Crippen molar-refractivity contribution in [1.82, 2.24) is 0 Å². The standard InChI is InChI=1S/2C8H7F3O.2C5H5.Zr/c2*9-8(10,11)5-6-1-3-7(12)4-2-6;2*1-2-4-5-3-1;/h2*1-4,12H,5H2;2*1-5H;/q;;;;+2/p-2. The molecule has 0 spiro atoms. The van der Waals surface area contributed by atoms with Crippen LogP contribution in [0.2, 0.25) is 7.25 Å². The van der Waals surface area contributed by atoms with Crippen molar-refractivity contribution in [2.24, 2.45) is 0 Å². The quantitative estimate of drug-likeness (QED) is 0.298. The number of allylic oxidation sites excluding steroid dienone is 8. The normalized spacial score (nSPS) is 16.4. The third kappa shape index (κ3) is 6.78. The Hall–Kier alpha value is -2.54. The van der Waals surface area contributed by atoms with Gasteiger partial charge in [0.05, 0.1) is 0 Å². The summed E-state index contributed by atoms with van der Waals surface area (Å²) < 4.78 is 89.3. The van der Waals surface area contributed by atoms with Gasteiger partial charge >= 0.3 is 205 Å². The van der Waals surface area contributed by atoms with Crippen LogP contribution in [0.4, 0.5) is 26.3 Å². The van der Waals surface area contributed by atoms with Crippen LogP contribution in [0.15, 0.2) is 97.1 Å². The van der Waals surface area contributed by atoms with Gasteiger partial charge in [0.25, 0.3) is 0 Å². The van der Waals surface area contributed by atoms with Gasteiger partial charge in [0.15, 0.2) is 0 Å². The third-order valence-electron chi connectivity index (χ3n) is 5.64. The Kier molecular flexibility index (Phi) is 7.46. The van der Waals surface area contributed by atoms with E-state index in [2.05, 4.69) is 0 Å². The molecule has 2 aliphatic carbocycles. The monoisotopic (exact) mass is 570 g/mol. The van der Waals surface area contributed by atoms with Gasteiger partial charge < -0.3 is 0 Å². The van der Waals surface area contributed by atoms with E-state index in [4.69, 9.17) is 5.63 Å². The van der Waals surface area contributed by atoms with Crippen LogP contribution in [0.1, 0.15) is 11.1 Å². The van der Waals surface area contributed by atoms with E-state index in [0.29, 0.717) is 11.5 Å². The van der Waals surface area contributed by atoms with Crippen molar-refractivity contribution in [2.75, 3.05) is 0 Å². The second-order valence-corrected chi connectivity index (χ2v) is 16.2. The van der Waals surface area contributed by atoms with E-state index in [9.17, 15) is 26.3 Å². The zero-order valence-corrected chi connectivity index (χ0v) is 20.8. The van der Waals surface area contributed by atoms with Crippen LogP contribution in [-0.4, -0.2) is 12.4 Å². The zero-order valence-electron chi connectivity index (χ0n) is 18.4. The molecule has 35 heavy (non-hydrogen) atoms. The van der Waals surface area contributed by atoms with Gasteiger partial charge in [0.1, 0.15) is 0 Å². The Morgan fingerprint density at radius 1 is 0.543 bits per heavy atom. The van der Waals surface area contributed by atoms with Gasteiger partial charge in [-0.05, 0) is 0 Å². The van der Waals surface area contributed by atoms with Crippen molar-refractivity contribution in [3.05, 3.63) is 108 Å². The molecule has 2 aromatic carbocycles. The number of hydrogen-bond acceptors (Lipinski definition) is 2. The summed E-state index contributed by atoms with van der Waals surface area (Å²) in [4.78, 5) is 0. The number of hydrogen-bond donors (Lipinski definition) is 0. The summed E-state index contributed by atoms with van der Waals surface area (Å²) in [5.74, 6) is 0.783. The Morgan fingerprint density at radius 2 is 0.857 bits per heavy atom. The number of alkyl halides is 6. The molecule has 2 aromatic rings. The summed E-state index contributed by atoms with van der Waals surface area (Å²) >= 11 is -4.33. The summed E-state index contributed by atoms with van der Waals surface area (Å²) in [6, 6.07) is 11.6. The van der Waals surface area contributed by atoms with E-state index < -0.39 is 46.3 Å². The molecule has 0 bridgehead atoms. The van der Waals surface area contributed by atoms with Gasteiger partial charge in [-0.3, -0.25) is 0 Å². The van der Waals surface area contributed by atoms with Crippen molar-refractivity contribution < 1.29 is 53.1 Å². The summed E-state index contributed by atoms with van der Waals surface area (Å²) in [5, 5.41) is 0. The van der Waals surface area contributed by atoms with E-state index in [0.717, 1.165) is 0 Å². The second kappa shape index (κ2) is 10.2. The van der Waals surface area contributed by atoms with E-state index in [1.165, 1.54) is 48.5 Å². The van der Waals surface area contributed by atoms with Gasteiger partial charge in [-0.25, -0.2) is 0 Å². The predicted molar refractivity (Wildman–Crippen MR) is 118 cm³/mol. The van der Waals surface area contributed by atoms with Crippen molar-refractivity contribution >= 4 is 0 Å². The predicted octanol–water partition coefficient (Wildman–Crippen LogP) is 8.17. The van der Waals surface area contributed by atoms with Crippen LogP contribution in [-0.2, 0) is 34.0 Å². The summed E-state index contributed by atoms with van der Waals surface area (Å²) in [6.45, 7) is 0. The number of rotatable bonds is 8. The molecule has 184 valence electrons. The van der Waals surface area contributed by atoms with E-state index >= 15 is 0 Å². The molecule has 0 fully saturated rings. The average Bonchev–Trinajstić information content (AvgIpc) is 3.49. The minimum absolute atomic E-state index is 0.119. The fraction of sp³-hybridized carbons (Fsp3) is 0.231. The molecule has 2 nitrogen and oxygen atoms in total. The molecule has 0 saturated heterocycles. The maximum absolute atomic E-state index is 12.7. The second-order valence-electron chi connectivity index (χ2n) is 8.39. The van der Waals surface area contributed by atoms with Crippen LogP contribution in [0.5, 0.6) is 11.5 Å². The van der Waals surface area contributed by atoms with Gasteiger partial charge in [-0.2, -0.15) is 0 Å². The van der Waals surface area contributed by atoms with Crippen LogP contribution in [0, 0.1) is 0 Å². The van der Waals surface area contributed by atoms with Crippen molar-refractivity contribution in [3.63, 3.8) is 0 Å². The topological polar surface area (TPSA) is 18.5 Å². The SMILES string of the molecule is FC(F)(F)Cc1ccc([O][Zr]([O]c2ccc(CC(F)(F)F)cc2)([CH]2C=CC=C2)[CH]2C=CC=C2)cc1. The first-order valence-corrected chi connectivity index (χ1v) is 15.8. The summed E-state index contributed by atoms with van der Waals surface area (Å²) in [6.07, 6.45) is 4.67. The molecule has 2 aliphatic rings. The van der Waals surface area contributed by atoms with Gasteiger partial charge in [-0.15, -0.1) is 0 Å². The molecule has 0 atom stereocenters. The fourth-order valence-corrected chi connectivity index (χ4v) is 12.8. The molecule has 4 rings (SSSR count). The molecule has 9 heteroatoms. The number of benzene rings is 2. The molecule has 0 aliphatic heterocycles. The third-order valence-corrected chi connectivity index (χ3v) is 14.8. The molecular formula is C26H22F6O2Zr. The minimum atomic E-state index is -4.33. The Bertz CT molecular complexity index is 1010. The molecule has 0 heterocycles. The van der Waals surface area contributed by atoms with E-state index in [1.807, 2.05) is 48.6 Å². The van der Waals surface area contributed by atoms with Crippen molar-refractivity contribution in [1.29, 1.82) is 0 Å². The fourth-order valence-electron chi connectivity index (χ4n) is 4.10. The Morgan fingerprint density at radius 3 is 1.14 bits per heavy atom. The van der Waals surface area contributed by atoms with Gasteiger partial charge in [0.2, 0.25) is 0 Å². The van der Waals surface area contributed by atoms with Gasteiger partial charge in [-0.1, -0.05) is 0 Å². The first-order chi connectivity index (χ1) is 16.5.